The molecule has 3 N–H and O–H groups in total. The lowest BCUT2D eigenvalue weighted by molar-refractivity contribution is 0.604. The van der Waals surface area contributed by atoms with E-state index < -0.39 is 0 Å². The smallest absolute Gasteiger partial charge is 0.184 e. The van der Waals surface area contributed by atoms with Crippen LogP contribution in [0.5, 0.6) is 0 Å². The van der Waals surface area contributed by atoms with E-state index in [0.29, 0.717) is 0 Å². The normalized spacial score (nSPS) is 18.6. The average molecular weight is 199 g/mol. The van der Waals surface area contributed by atoms with Crippen molar-refractivity contribution in [2.24, 2.45) is 10.8 Å². The van der Waals surface area contributed by atoms with Gasteiger partial charge in [-0.1, -0.05) is 19.3 Å². The first-order valence-corrected chi connectivity index (χ1v) is 5.31. The second kappa shape index (κ2) is 5.91. The number of hydrogen-bond acceptors (Lipinski definition) is 2. The Morgan fingerprint density at radius 3 is 2.23 bits per heavy atom. The van der Waals surface area contributed by atoms with Crippen LogP contribution in [0.4, 0.5) is 0 Å². The number of hydrogen-bond donors (Lipinski definition) is 2. The molecule has 0 aromatic rings. The van der Waals surface area contributed by atoms with Crippen LogP contribution in [-0.2, 0) is 0 Å². The summed E-state index contributed by atoms with van der Waals surface area (Å²) in [5, 5.41) is 4.44. The van der Waals surface area contributed by atoms with Crippen LogP contribution < -0.4 is 11.2 Å². The quantitative estimate of drug-likeness (QED) is 0.501. The standard InChI is InChI=1S/C9H17N3S/c10-9(13)12-11-8-6-4-2-1-3-5-7-8/h1-7H2,(H3,10,12,13). The van der Waals surface area contributed by atoms with Crippen LogP contribution in [0, 0.1) is 0 Å². The number of nitrogens with zero attached hydrogens (tertiary/aromatic N) is 1. The van der Waals surface area contributed by atoms with Crippen LogP contribution in [0.15, 0.2) is 5.10 Å². The summed E-state index contributed by atoms with van der Waals surface area (Å²) in [6.07, 6.45) is 8.70. The summed E-state index contributed by atoms with van der Waals surface area (Å²) in [7, 11) is 0. The van der Waals surface area contributed by atoms with Crippen LogP contribution in [0.2, 0.25) is 0 Å². The van der Waals surface area contributed by atoms with Crippen molar-refractivity contribution in [3.05, 3.63) is 0 Å². The Labute approximate surface area is 84.8 Å². The molecule has 0 atom stereocenters. The van der Waals surface area contributed by atoms with Gasteiger partial charge in [-0.15, -0.1) is 0 Å². The second-order valence-electron chi connectivity index (χ2n) is 3.42. The van der Waals surface area contributed by atoms with Gasteiger partial charge in [-0.3, -0.25) is 5.43 Å². The third-order valence-electron chi connectivity index (χ3n) is 2.25. The van der Waals surface area contributed by atoms with Crippen molar-refractivity contribution in [2.45, 2.75) is 44.9 Å². The molecule has 0 heterocycles. The van der Waals surface area contributed by atoms with Crippen molar-refractivity contribution in [3.8, 4) is 0 Å². The highest BCUT2D eigenvalue weighted by atomic mass is 32.1. The van der Waals surface area contributed by atoms with Gasteiger partial charge in [0.15, 0.2) is 5.11 Å². The van der Waals surface area contributed by atoms with Crippen molar-refractivity contribution in [1.82, 2.24) is 5.43 Å². The molecule has 4 heteroatoms. The lowest BCUT2D eigenvalue weighted by Gasteiger charge is -2.10. The molecule has 0 bridgehead atoms. The summed E-state index contributed by atoms with van der Waals surface area (Å²) in [4.78, 5) is 0. The van der Waals surface area contributed by atoms with Crippen LogP contribution in [0.1, 0.15) is 44.9 Å². The molecular formula is C9H17N3S. The Bertz CT molecular complexity index is 191. The molecule has 13 heavy (non-hydrogen) atoms. The molecular weight excluding hydrogens is 182 g/mol. The van der Waals surface area contributed by atoms with E-state index in [9.17, 15) is 0 Å². The molecule has 0 aromatic carbocycles. The first-order chi connectivity index (χ1) is 6.29. The molecule has 74 valence electrons. The molecule has 3 nitrogen and oxygen atoms in total. The van der Waals surface area contributed by atoms with Gasteiger partial charge in [0.05, 0.1) is 0 Å². The van der Waals surface area contributed by atoms with Gasteiger partial charge in [0.1, 0.15) is 0 Å². The highest BCUT2D eigenvalue weighted by molar-refractivity contribution is 7.80. The molecule has 0 saturated heterocycles. The Morgan fingerprint density at radius 2 is 1.69 bits per heavy atom. The molecule has 1 aliphatic rings. The van der Waals surface area contributed by atoms with Gasteiger partial charge in [0.25, 0.3) is 0 Å². The van der Waals surface area contributed by atoms with Crippen molar-refractivity contribution >= 4 is 23.0 Å². The molecule has 1 fully saturated rings. The van der Waals surface area contributed by atoms with Crippen molar-refractivity contribution in [2.75, 3.05) is 0 Å². The van der Waals surface area contributed by atoms with E-state index in [1.54, 1.807) is 0 Å². The largest absolute Gasteiger partial charge is 0.375 e. The topological polar surface area (TPSA) is 50.4 Å². The van der Waals surface area contributed by atoms with Gasteiger partial charge in [0.2, 0.25) is 0 Å². The molecule has 0 spiro atoms. The highest BCUT2D eigenvalue weighted by Gasteiger charge is 2.04. The summed E-state index contributed by atoms with van der Waals surface area (Å²) < 4.78 is 0. The minimum Gasteiger partial charge on any atom is -0.375 e. The van der Waals surface area contributed by atoms with Crippen LogP contribution in [0.3, 0.4) is 0 Å². The molecule has 0 unspecified atom stereocenters. The maximum Gasteiger partial charge on any atom is 0.184 e. The zero-order valence-corrected chi connectivity index (χ0v) is 8.70. The number of thiocarbonyl (C=S) groups is 1. The number of nitrogens with two attached hydrogens (primary N) is 1. The lowest BCUT2D eigenvalue weighted by atomic mass is 9.99. The van der Waals surface area contributed by atoms with Gasteiger partial charge >= 0.3 is 0 Å². The van der Waals surface area contributed by atoms with E-state index in [0.717, 1.165) is 12.8 Å². The fourth-order valence-corrected chi connectivity index (χ4v) is 1.61. The number of hydrazone groups is 1. The predicted octanol–water partition coefficient (Wildman–Crippen LogP) is 1.92. The van der Waals surface area contributed by atoms with Crippen molar-refractivity contribution in [3.63, 3.8) is 0 Å². The zero-order chi connectivity index (χ0) is 9.52. The average Bonchev–Trinajstić information content (AvgIpc) is 2.01. The lowest BCUT2D eigenvalue weighted by Crippen LogP contribution is -2.25. The molecule has 0 amide bonds. The van der Waals surface area contributed by atoms with Crippen molar-refractivity contribution < 1.29 is 0 Å². The minimum absolute atomic E-state index is 0.259. The summed E-state index contributed by atoms with van der Waals surface area (Å²) in [6, 6.07) is 0. The van der Waals surface area contributed by atoms with E-state index in [2.05, 4.69) is 22.7 Å². The molecule has 0 aromatic heterocycles. The maximum atomic E-state index is 5.29. The Morgan fingerprint density at radius 1 is 1.15 bits per heavy atom. The van der Waals surface area contributed by atoms with E-state index in [-0.39, 0.29) is 5.11 Å². The van der Waals surface area contributed by atoms with E-state index in [4.69, 9.17) is 5.73 Å². The Balaban J connectivity index is 2.36. The Kier molecular flexibility index (Phi) is 4.75. The fourth-order valence-electron chi connectivity index (χ4n) is 1.56. The monoisotopic (exact) mass is 199 g/mol. The second-order valence-corrected chi connectivity index (χ2v) is 3.86. The van der Waals surface area contributed by atoms with Crippen molar-refractivity contribution in [1.29, 1.82) is 0 Å². The minimum atomic E-state index is 0.259. The molecule has 1 saturated carbocycles. The summed E-state index contributed by atoms with van der Waals surface area (Å²) in [6.45, 7) is 0. The maximum absolute atomic E-state index is 5.29. The molecule has 1 aliphatic carbocycles. The van der Waals surface area contributed by atoms with E-state index >= 15 is 0 Å². The summed E-state index contributed by atoms with van der Waals surface area (Å²) >= 11 is 4.68. The van der Waals surface area contributed by atoms with Gasteiger partial charge in [-0.05, 0) is 37.9 Å². The van der Waals surface area contributed by atoms with Gasteiger partial charge < -0.3 is 5.73 Å². The van der Waals surface area contributed by atoms with Gasteiger partial charge in [-0.25, -0.2) is 0 Å². The third-order valence-corrected chi connectivity index (χ3v) is 2.35. The first kappa shape index (κ1) is 10.4. The molecule has 0 aliphatic heterocycles. The number of nitrogens with one attached hydrogen (secondary N) is 1. The zero-order valence-electron chi connectivity index (χ0n) is 7.88. The van der Waals surface area contributed by atoms with Gasteiger partial charge in [0, 0.05) is 5.71 Å². The van der Waals surface area contributed by atoms with Crippen LogP contribution in [0.25, 0.3) is 0 Å². The first-order valence-electron chi connectivity index (χ1n) is 4.90. The Hall–Kier alpha value is -0.640. The highest BCUT2D eigenvalue weighted by Crippen LogP contribution is 2.14. The molecule has 1 rings (SSSR count). The van der Waals surface area contributed by atoms with E-state index in [1.165, 1.54) is 37.8 Å². The third kappa shape index (κ3) is 4.83. The summed E-state index contributed by atoms with van der Waals surface area (Å²) in [5.74, 6) is 0. The van der Waals surface area contributed by atoms with Crippen LogP contribution >= 0.6 is 12.2 Å². The van der Waals surface area contributed by atoms with E-state index in [1.807, 2.05) is 0 Å². The van der Waals surface area contributed by atoms with Crippen LogP contribution in [-0.4, -0.2) is 10.8 Å². The number of rotatable bonds is 1. The summed E-state index contributed by atoms with van der Waals surface area (Å²) in [5.41, 5.74) is 9.17. The SMILES string of the molecule is NC(=S)NN=C1CCCCCCC1. The van der Waals surface area contributed by atoms with Gasteiger partial charge in [-0.2, -0.15) is 5.10 Å². The fraction of sp³-hybridized carbons (Fsp3) is 0.778. The predicted molar refractivity (Wildman–Crippen MR) is 59.7 cm³/mol. The molecule has 0 radical (unpaired) electrons.